The molecule has 0 aliphatic heterocycles. The molecule has 24 heavy (non-hydrogen) atoms. The Bertz CT molecular complexity index is 512. The van der Waals surface area contributed by atoms with Gasteiger partial charge >= 0.3 is 0 Å². The number of para-hydroxylation sites is 1. The predicted octanol–water partition coefficient (Wildman–Crippen LogP) is 1.83. The summed E-state index contributed by atoms with van der Waals surface area (Å²) in [4.78, 5) is 26.0. The molecule has 0 unspecified atom stereocenters. The number of carbonyl (C=O) groups excluding carboxylic acids is 2. The first-order valence-electron chi connectivity index (χ1n) is 7.91. The Morgan fingerprint density at radius 1 is 1.25 bits per heavy atom. The lowest BCUT2D eigenvalue weighted by molar-refractivity contribution is -0.133. The number of methoxy groups -OCH3 is 1. The van der Waals surface area contributed by atoms with E-state index in [2.05, 4.69) is 10.6 Å². The first-order valence-corrected chi connectivity index (χ1v) is 7.91. The van der Waals surface area contributed by atoms with E-state index in [1.807, 2.05) is 38.1 Å². The number of hydrogen-bond acceptors (Lipinski definition) is 4. The molecule has 1 aromatic carbocycles. The summed E-state index contributed by atoms with van der Waals surface area (Å²) in [5, 5.41) is 5.87. The molecular formula is C17H28ClN3O3. The van der Waals surface area contributed by atoms with Crippen molar-refractivity contribution in [2.24, 2.45) is 0 Å². The lowest BCUT2D eigenvalue weighted by atomic mass is 10.2. The SMILES string of the molecule is CCCN(CC(=O)Nc1ccccc1C)C(=O)CNCCOC.Cl. The van der Waals surface area contributed by atoms with Gasteiger partial charge in [-0.3, -0.25) is 9.59 Å². The van der Waals surface area contributed by atoms with Crippen LogP contribution in [0.25, 0.3) is 0 Å². The topological polar surface area (TPSA) is 70.7 Å². The van der Waals surface area contributed by atoms with Crippen LogP contribution in [0.5, 0.6) is 0 Å². The molecule has 6 nitrogen and oxygen atoms in total. The van der Waals surface area contributed by atoms with E-state index >= 15 is 0 Å². The molecule has 0 aliphatic carbocycles. The zero-order valence-electron chi connectivity index (χ0n) is 14.6. The van der Waals surface area contributed by atoms with Gasteiger partial charge in [0, 0.05) is 25.9 Å². The highest BCUT2D eigenvalue weighted by Gasteiger charge is 2.16. The van der Waals surface area contributed by atoms with Crippen molar-refractivity contribution >= 4 is 29.9 Å². The largest absolute Gasteiger partial charge is 0.383 e. The summed E-state index contributed by atoms with van der Waals surface area (Å²) in [6, 6.07) is 7.58. The molecular weight excluding hydrogens is 330 g/mol. The van der Waals surface area contributed by atoms with Crippen molar-refractivity contribution in [1.29, 1.82) is 0 Å². The fourth-order valence-electron chi connectivity index (χ4n) is 2.12. The van der Waals surface area contributed by atoms with E-state index in [9.17, 15) is 9.59 Å². The summed E-state index contributed by atoms with van der Waals surface area (Å²) in [6.07, 6.45) is 0.807. The summed E-state index contributed by atoms with van der Waals surface area (Å²) >= 11 is 0. The maximum absolute atomic E-state index is 12.2. The number of halogens is 1. The predicted molar refractivity (Wildman–Crippen MR) is 98.7 cm³/mol. The number of aryl methyl sites for hydroxylation is 1. The number of rotatable bonds is 10. The standard InChI is InChI=1S/C17H27N3O3.ClH/c1-4-10-20(17(22)12-18-9-11-23-3)13-16(21)19-15-8-6-5-7-14(15)2;/h5-8,18H,4,9-13H2,1-3H3,(H,19,21);1H. The maximum Gasteiger partial charge on any atom is 0.244 e. The van der Waals surface area contributed by atoms with Gasteiger partial charge in [-0.15, -0.1) is 12.4 Å². The maximum atomic E-state index is 12.2. The summed E-state index contributed by atoms with van der Waals surface area (Å²) in [5.41, 5.74) is 1.77. The van der Waals surface area contributed by atoms with E-state index in [0.717, 1.165) is 17.7 Å². The molecule has 0 spiro atoms. The number of ether oxygens (including phenoxy) is 1. The minimum absolute atomic E-state index is 0. The molecule has 0 saturated heterocycles. The van der Waals surface area contributed by atoms with Crippen LogP contribution in [0.2, 0.25) is 0 Å². The van der Waals surface area contributed by atoms with Gasteiger partial charge in [-0.25, -0.2) is 0 Å². The number of amides is 2. The molecule has 0 saturated carbocycles. The second-order valence-electron chi connectivity index (χ2n) is 5.35. The molecule has 1 rings (SSSR count). The fraction of sp³-hybridized carbons (Fsp3) is 0.529. The molecule has 0 radical (unpaired) electrons. The van der Waals surface area contributed by atoms with Crippen LogP contribution in [0.1, 0.15) is 18.9 Å². The Hall–Kier alpha value is -1.63. The Morgan fingerprint density at radius 2 is 1.96 bits per heavy atom. The van der Waals surface area contributed by atoms with E-state index in [0.29, 0.717) is 19.7 Å². The van der Waals surface area contributed by atoms with Crippen LogP contribution in [-0.2, 0) is 14.3 Å². The molecule has 1 aromatic rings. The zero-order chi connectivity index (χ0) is 17.1. The third-order valence-corrected chi connectivity index (χ3v) is 3.36. The van der Waals surface area contributed by atoms with Crippen LogP contribution in [0.3, 0.4) is 0 Å². The molecule has 2 N–H and O–H groups in total. The molecule has 0 fully saturated rings. The van der Waals surface area contributed by atoms with Crippen LogP contribution in [-0.4, -0.2) is 56.6 Å². The van der Waals surface area contributed by atoms with Crippen LogP contribution >= 0.6 is 12.4 Å². The average Bonchev–Trinajstić information content (AvgIpc) is 2.53. The van der Waals surface area contributed by atoms with Gasteiger partial charge in [-0.05, 0) is 25.0 Å². The first kappa shape index (κ1) is 22.4. The molecule has 0 aliphatic rings. The van der Waals surface area contributed by atoms with E-state index in [1.54, 1.807) is 12.0 Å². The molecule has 2 amide bonds. The quantitative estimate of drug-likeness (QED) is 0.627. The molecule has 0 atom stereocenters. The van der Waals surface area contributed by atoms with Crippen molar-refractivity contribution in [1.82, 2.24) is 10.2 Å². The zero-order valence-corrected chi connectivity index (χ0v) is 15.4. The number of anilines is 1. The minimum Gasteiger partial charge on any atom is -0.383 e. The second-order valence-corrected chi connectivity index (χ2v) is 5.35. The van der Waals surface area contributed by atoms with Gasteiger partial charge in [-0.2, -0.15) is 0 Å². The smallest absolute Gasteiger partial charge is 0.244 e. The number of nitrogens with one attached hydrogen (secondary N) is 2. The van der Waals surface area contributed by atoms with Crippen LogP contribution in [0.4, 0.5) is 5.69 Å². The Labute approximate surface area is 150 Å². The first-order chi connectivity index (χ1) is 11.1. The Morgan fingerprint density at radius 3 is 2.58 bits per heavy atom. The highest BCUT2D eigenvalue weighted by atomic mass is 35.5. The minimum atomic E-state index is -0.182. The van der Waals surface area contributed by atoms with Gasteiger partial charge in [0.1, 0.15) is 0 Å². The summed E-state index contributed by atoms with van der Waals surface area (Å²) in [5.74, 6) is -0.263. The number of carbonyl (C=O) groups is 2. The third-order valence-electron chi connectivity index (χ3n) is 3.36. The van der Waals surface area contributed by atoms with E-state index in [-0.39, 0.29) is 37.3 Å². The van der Waals surface area contributed by atoms with Gasteiger partial charge in [-0.1, -0.05) is 25.1 Å². The normalized spacial score (nSPS) is 9.96. The van der Waals surface area contributed by atoms with Gasteiger partial charge in [0.25, 0.3) is 0 Å². The van der Waals surface area contributed by atoms with Crippen LogP contribution < -0.4 is 10.6 Å². The molecule has 0 bridgehead atoms. The van der Waals surface area contributed by atoms with E-state index < -0.39 is 0 Å². The van der Waals surface area contributed by atoms with Crippen LogP contribution in [0, 0.1) is 6.92 Å². The van der Waals surface area contributed by atoms with Crippen molar-refractivity contribution in [3.63, 3.8) is 0 Å². The molecule has 7 heteroatoms. The van der Waals surface area contributed by atoms with Gasteiger partial charge < -0.3 is 20.3 Å². The number of benzene rings is 1. The Kier molecular flexibility index (Phi) is 11.9. The number of nitrogens with zero attached hydrogens (tertiary/aromatic N) is 1. The number of hydrogen-bond donors (Lipinski definition) is 2. The van der Waals surface area contributed by atoms with Crippen molar-refractivity contribution < 1.29 is 14.3 Å². The van der Waals surface area contributed by atoms with Gasteiger partial charge in [0.15, 0.2) is 0 Å². The average molecular weight is 358 g/mol. The van der Waals surface area contributed by atoms with Gasteiger partial charge in [0.05, 0.1) is 19.7 Å². The van der Waals surface area contributed by atoms with Crippen molar-refractivity contribution in [2.75, 3.05) is 45.2 Å². The summed E-state index contributed by atoms with van der Waals surface area (Å²) in [7, 11) is 1.61. The monoisotopic (exact) mass is 357 g/mol. The summed E-state index contributed by atoms with van der Waals surface area (Å²) < 4.78 is 4.92. The highest BCUT2D eigenvalue weighted by molar-refractivity contribution is 5.95. The molecule has 0 heterocycles. The van der Waals surface area contributed by atoms with Gasteiger partial charge in [0.2, 0.25) is 11.8 Å². The summed E-state index contributed by atoms with van der Waals surface area (Å²) in [6.45, 7) is 5.91. The molecule has 136 valence electrons. The lowest BCUT2D eigenvalue weighted by Crippen LogP contribution is -2.43. The fourth-order valence-corrected chi connectivity index (χ4v) is 2.12. The van der Waals surface area contributed by atoms with Crippen molar-refractivity contribution in [3.05, 3.63) is 29.8 Å². The molecule has 0 aromatic heterocycles. The van der Waals surface area contributed by atoms with E-state index in [4.69, 9.17) is 4.74 Å². The Balaban J connectivity index is 0.00000529. The van der Waals surface area contributed by atoms with Crippen molar-refractivity contribution in [2.45, 2.75) is 20.3 Å². The van der Waals surface area contributed by atoms with E-state index in [1.165, 1.54) is 0 Å². The third kappa shape index (κ3) is 8.29. The second kappa shape index (κ2) is 12.8. The van der Waals surface area contributed by atoms with Crippen molar-refractivity contribution in [3.8, 4) is 0 Å². The highest BCUT2D eigenvalue weighted by Crippen LogP contribution is 2.12. The van der Waals surface area contributed by atoms with Crippen LogP contribution in [0.15, 0.2) is 24.3 Å². The lowest BCUT2D eigenvalue weighted by Gasteiger charge is -2.22.